The van der Waals surface area contributed by atoms with Gasteiger partial charge in [0.05, 0.1) is 8.44 Å². The van der Waals surface area contributed by atoms with Gasteiger partial charge in [-0.2, -0.15) is 10.4 Å². The van der Waals surface area contributed by atoms with Gasteiger partial charge in [0.2, 0.25) is 5.60 Å². The molecule has 5 atom stereocenters. The first kappa shape index (κ1) is 23.3. The number of carbonyl (C=O) groups is 2. The molecule has 1 fully saturated rings. The number of aromatic nitrogens is 3. The van der Waals surface area contributed by atoms with Gasteiger partial charge >= 0.3 is 12.1 Å². The largest absolute Gasteiger partial charge is 0.461 e. The summed E-state index contributed by atoms with van der Waals surface area (Å²) in [4.78, 5) is 28.9. The third-order valence-corrected chi connectivity index (χ3v) is 5.26. The third kappa shape index (κ3) is 5.14. The second kappa shape index (κ2) is 9.65. The number of anilines is 1. The predicted octanol–water partition coefficient (Wildman–Crippen LogP) is 0.243. The van der Waals surface area contributed by atoms with Crippen LogP contribution in [0.5, 0.6) is 0 Å². The van der Waals surface area contributed by atoms with E-state index in [9.17, 15) is 25.1 Å². The second-order valence-corrected chi connectivity index (χ2v) is 9.39. The zero-order valence-corrected chi connectivity index (χ0v) is 19.9. The van der Waals surface area contributed by atoms with Crippen LogP contribution in [0.25, 0.3) is 5.52 Å². The topological polar surface area (TPSA) is 194 Å². The van der Waals surface area contributed by atoms with Gasteiger partial charge in [0.25, 0.3) is 0 Å². The fourth-order valence-corrected chi connectivity index (χ4v) is 3.55. The average Bonchev–Trinajstić information content (AvgIpc) is 3.32. The minimum absolute atomic E-state index is 0.0538. The number of rotatable bonds is 6. The van der Waals surface area contributed by atoms with Crippen molar-refractivity contribution in [3.8, 4) is 6.07 Å². The number of hydrogen-bond acceptors (Lipinski definition) is 11. The molecule has 35 heavy (non-hydrogen) atoms. The maximum absolute atomic E-state index is 12.9. The van der Waals surface area contributed by atoms with E-state index in [4.69, 9.17) is 22.7 Å². The van der Waals surface area contributed by atoms with Gasteiger partial charge in [-0.3, -0.25) is 0 Å². The first-order chi connectivity index (χ1) is 17.0. The molecule has 1 saturated heterocycles. The first-order valence-electron chi connectivity index (χ1n) is 11.8. The molecule has 5 N–H and O–H groups in total. The Kier molecular flexibility index (Phi) is 6.42. The lowest BCUT2D eigenvalue weighted by molar-refractivity contribution is -0.154. The maximum Gasteiger partial charge on any atom is 0.408 e. The number of fused-ring (bicyclic) bond motifs is 1. The second-order valence-electron chi connectivity index (χ2n) is 9.39. The van der Waals surface area contributed by atoms with Crippen LogP contribution in [0.4, 0.5) is 10.6 Å². The molecule has 0 bridgehead atoms. The molecule has 3 heterocycles. The van der Waals surface area contributed by atoms with Crippen LogP contribution in [-0.2, 0) is 24.6 Å². The Labute approximate surface area is 204 Å². The fraction of sp³-hybridized carbons (Fsp3) is 0.591. The Morgan fingerprint density at radius 1 is 1.43 bits per heavy atom. The maximum atomic E-state index is 12.9. The highest BCUT2D eigenvalue weighted by molar-refractivity contribution is 5.81. The summed E-state index contributed by atoms with van der Waals surface area (Å²) in [6.45, 7) is 5.04. The van der Waals surface area contributed by atoms with Gasteiger partial charge in [0.1, 0.15) is 54.4 Å². The molecule has 2 aromatic rings. The summed E-state index contributed by atoms with van der Waals surface area (Å²) in [6.07, 6.45) is -5.77. The minimum Gasteiger partial charge on any atom is -0.461 e. The number of aliphatic hydroxyl groups is 2. The number of nitrogens with zero attached hydrogens (tertiary/aromatic N) is 4. The molecule has 1 aliphatic heterocycles. The zero-order valence-electron chi connectivity index (χ0n) is 21.9. The van der Waals surface area contributed by atoms with E-state index >= 15 is 0 Å². The average molecular weight is 493 g/mol. The van der Waals surface area contributed by atoms with Crippen molar-refractivity contribution in [2.24, 2.45) is 5.92 Å². The lowest BCUT2D eigenvalue weighted by Crippen LogP contribution is -2.48. The van der Waals surface area contributed by atoms with Gasteiger partial charge in [0, 0.05) is 0 Å². The lowest BCUT2D eigenvalue weighted by atomic mass is 9.92. The smallest absolute Gasteiger partial charge is 0.408 e. The van der Waals surface area contributed by atoms with E-state index in [0.717, 1.165) is 6.33 Å². The van der Waals surface area contributed by atoms with E-state index in [1.165, 1.54) is 16.6 Å². The van der Waals surface area contributed by atoms with Crippen molar-refractivity contribution in [2.75, 3.05) is 12.3 Å². The van der Waals surface area contributed by atoms with Crippen molar-refractivity contribution < 1.29 is 36.8 Å². The van der Waals surface area contributed by atoms with Crippen LogP contribution >= 0.6 is 0 Å². The number of nitrogen functional groups attached to an aromatic ring is 1. The number of carbonyl (C=O) groups excluding carboxylic acids is 2. The van der Waals surface area contributed by atoms with Crippen LogP contribution in [0, 0.1) is 17.2 Å². The van der Waals surface area contributed by atoms with Gasteiger partial charge < -0.3 is 35.5 Å². The van der Waals surface area contributed by atoms with Crippen molar-refractivity contribution >= 4 is 23.4 Å². The molecule has 1 aliphatic rings. The van der Waals surface area contributed by atoms with E-state index in [2.05, 4.69) is 15.4 Å². The highest BCUT2D eigenvalue weighted by Crippen LogP contribution is 2.40. The predicted molar refractivity (Wildman–Crippen MR) is 121 cm³/mol. The Hall–Kier alpha value is -3.47. The number of nitrogens with one attached hydrogen (secondary N) is 1. The normalized spacial score (nSPS) is 26.5. The van der Waals surface area contributed by atoms with Crippen molar-refractivity contribution in [1.29, 1.82) is 5.26 Å². The molecule has 3 rings (SSSR count). The number of nitriles is 1. The molecule has 13 nitrogen and oxygen atoms in total. The number of nitrogens with two attached hydrogens (primary N) is 1. The van der Waals surface area contributed by atoms with Crippen LogP contribution in [0.1, 0.15) is 43.1 Å². The van der Waals surface area contributed by atoms with E-state index in [1.54, 1.807) is 40.7 Å². The number of ether oxygens (including phenoxy) is 3. The van der Waals surface area contributed by atoms with Crippen LogP contribution in [0.3, 0.4) is 0 Å². The van der Waals surface area contributed by atoms with Gasteiger partial charge in [-0.05, 0) is 38.8 Å². The highest BCUT2D eigenvalue weighted by atomic mass is 16.6. The molecule has 13 heteroatoms. The summed E-state index contributed by atoms with van der Waals surface area (Å²) in [5, 5.41) is 37.9. The molecule has 0 radical (unpaired) electrons. The molecule has 0 aromatic carbocycles. The number of alkyl carbamates (subject to hydrolysis) is 1. The monoisotopic (exact) mass is 492 g/mol. The molecule has 2 aromatic heterocycles. The van der Waals surface area contributed by atoms with E-state index in [0.29, 0.717) is 0 Å². The van der Waals surface area contributed by atoms with E-state index < -0.39 is 60.1 Å². The Morgan fingerprint density at radius 3 is 2.71 bits per heavy atom. The van der Waals surface area contributed by atoms with E-state index in [1.807, 2.05) is 0 Å². The molecule has 190 valence electrons. The van der Waals surface area contributed by atoms with Crippen molar-refractivity contribution in [2.45, 2.75) is 70.2 Å². The summed E-state index contributed by atoms with van der Waals surface area (Å²) in [6, 6.07) is 3.29. The summed E-state index contributed by atoms with van der Waals surface area (Å²) in [5.74, 6) is -1.65. The zero-order chi connectivity index (χ0) is 27.9. The SMILES string of the molecule is [2H]C([2H])(OC(=O)[C@@H](NC(=O)OC(C)(C)C)C(C)C)[C@H]1O[C@@](C#N)(c2ccc3c(N)ncnn23)[C@H](O)[C@@H]1O. The van der Waals surface area contributed by atoms with Crippen LogP contribution in [0.2, 0.25) is 0 Å². The highest BCUT2D eigenvalue weighted by Gasteiger charge is 2.58. The number of aliphatic hydroxyl groups excluding tert-OH is 2. The molecule has 0 unspecified atom stereocenters. The number of amides is 1. The lowest BCUT2D eigenvalue weighted by Gasteiger charge is -2.25. The Balaban J connectivity index is 1.87. The van der Waals surface area contributed by atoms with E-state index in [-0.39, 0.29) is 17.0 Å². The first-order valence-corrected chi connectivity index (χ1v) is 10.8. The van der Waals surface area contributed by atoms with Crippen LogP contribution in [0.15, 0.2) is 18.5 Å². The summed E-state index contributed by atoms with van der Waals surface area (Å²) in [7, 11) is 0. The fourth-order valence-electron chi connectivity index (χ4n) is 3.55. The standard InChI is InChI=1S/C22H30N6O7/c1-11(2)15(27-20(32)35-21(3,4)5)19(31)33-8-13-16(29)17(30)22(9-23,34-13)14-7-6-12-18(24)25-10-26-28(12)14/h6-7,10-11,13,15-17,29-30H,8H2,1-5H3,(H,27,32)(H2,24,25,26)/t13-,15+,16-,17-,22+/m1/s1/i8D2. The summed E-state index contributed by atoms with van der Waals surface area (Å²) < 4.78 is 33.6. The molecule has 1 amide bonds. The number of hydrogen-bond donors (Lipinski definition) is 4. The number of esters is 1. The molecular weight excluding hydrogens is 460 g/mol. The van der Waals surface area contributed by atoms with Crippen LogP contribution < -0.4 is 11.1 Å². The van der Waals surface area contributed by atoms with Crippen LogP contribution in [-0.4, -0.2) is 73.4 Å². The molecule has 0 saturated carbocycles. The summed E-state index contributed by atoms with van der Waals surface area (Å²) >= 11 is 0. The van der Waals surface area contributed by atoms with Crippen molar-refractivity contribution in [1.82, 2.24) is 19.9 Å². The van der Waals surface area contributed by atoms with Crippen molar-refractivity contribution in [3.05, 3.63) is 24.2 Å². The molecular formula is C22H30N6O7. The van der Waals surface area contributed by atoms with Gasteiger partial charge in [0.15, 0.2) is 5.82 Å². The Morgan fingerprint density at radius 2 is 2.11 bits per heavy atom. The summed E-state index contributed by atoms with van der Waals surface area (Å²) in [5.41, 5.74) is 2.90. The van der Waals surface area contributed by atoms with Crippen molar-refractivity contribution in [3.63, 3.8) is 0 Å². The Bertz CT molecular complexity index is 1220. The van der Waals surface area contributed by atoms with Gasteiger partial charge in [-0.25, -0.2) is 19.1 Å². The van der Waals surface area contributed by atoms with Gasteiger partial charge in [-0.1, -0.05) is 13.8 Å². The molecule has 0 spiro atoms. The molecule has 0 aliphatic carbocycles. The van der Waals surface area contributed by atoms with Gasteiger partial charge in [-0.15, -0.1) is 0 Å². The quantitative estimate of drug-likeness (QED) is 0.403. The third-order valence-electron chi connectivity index (χ3n) is 5.26. The minimum atomic E-state index is -3.04.